The lowest BCUT2D eigenvalue weighted by Gasteiger charge is -2.37. The van der Waals surface area contributed by atoms with Crippen LogP contribution in [-0.4, -0.2) is 0 Å². The molecule has 0 heteroatoms. The Morgan fingerprint density at radius 1 is 0.640 bits per heavy atom. The Bertz CT molecular complexity index is 1040. The largest absolute Gasteiger partial charge is 0.0616 e. The summed E-state index contributed by atoms with van der Waals surface area (Å²) in [4.78, 5) is 0. The van der Waals surface area contributed by atoms with Crippen LogP contribution in [0.2, 0.25) is 0 Å². The highest BCUT2D eigenvalue weighted by Gasteiger charge is 2.32. The molecule has 0 aromatic heterocycles. The first kappa shape index (κ1) is 14.7. The summed E-state index contributed by atoms with van der Waals surface area (Å²) in [6, 6.07) is 31.3. The first-order chi connectivity index (χ1) is 12.4. The van der Waals surface area contributed by atoms with E-state index in [-0.39, 0.29) is 0 Å². The molecule has 1 fully saturated rings. The van der Waals surface area contributed by atoms with Crippen LogP contribution in [0.5, 0.6) is 0 Å². The van der Waals surface area contributed by atoms with Gasteiger partial charge in [0, 0.05) is 0 Å². The molecule has 0 aliphatic heterocycles. The lowest BCUT2D eigenvalue weighted by Crippen LogP contribution is -2.25. The Kier molecular flexibility index (Phi) is 3.56. The molecule has 2 unspecified atom stereocenters. The van der Waals surface area contributed by atoms with E-state index in [2.05, 4.69) is 84.9 Å². The number of benzene rings is 4. The van der Waals surface area contributed by atoms with Crippen LogP contribution in [0.4, 0.5) is 0 Å². The molecule has 0 N–H and O–H groups in total. The van der Waals surface area contributed by atoms with E-state index in [4.69, 9.17) is 0 Å². The van der Waals surface area contributed by atoms with E-state index in [0.717, 1.165) is 5.92 Å². The minimum atomic E-state index is 0.712. The summed E-state index contributed by atoms with van der Waals surface area (Å²) < 4.78 is 0. The van der Waals surface area contributed by atoms with Crippen LogP contribution < -0.4 is 0 Å². The summed E-state index contributed by atoms with van der Waals surface area (Å²) >= 11 is 0. The molecular formula is C25H22. The van der Waals surface area contributed by atoms with Crippen molar-refractivity contribution in [1.29, 1.82) is 0 Å². The van der Waals surface area contributed by atoms with Crippen molar-refractivity contribution in [3.63, 3.8) is 0 Å². The topological polar surface area (TPSA) is 0 Å². The van der Waals surface area contributed by atoms with Gasteiger partial charge in [-0.2, -0.15) is 0 Å². The molecule has 0 heterocycles. The van der Waals surface area contributed by atoms with Crippen LogP contribution in [0.25, 0.3) is 21.5 Å². The molecule has 1 aliphatic carbocycles. The molecule has 0 radical (unpaired) electrons. The molecule has 122 valence electrons. The zero-order chi connectivity index (χ0) is 16.6. The summed E-state index contributed by atoms with van der Waals surface area (Å²) in [5, 5.41) is 5.50. The zero-order valence-electron chi connectivity index (χ0n) is 14.4. The van der Waals surface area contributed by atoms with Gasteiger partial charge in [-0.15, -0.1) is 0 Å². The monoisotopic (exact) mass is 322 g/mol. The van der Waals surface area contributed by atoms with Gasteiger partial charge in [0.15, 0.2) is 0 Å². The maximum atomic E-state index is 2.41. The third-order valence-corrected chi connectivity index (χ3v) is 5.98. The van der Waals surface area contributed by atoms with E-state index < -0.39 is 0 Å². The minimum Gasteiger partial charge on any atom is -0.0616 e. The zero-order valence-corrected chi connectivity index (χ0v) is 14.4. The van der Waals surface area contributed by atoms with E-state index in [9.17, 15) is 0 Å². The van der Waals surface area contributed by atoms with Crippen molar-refractivity contribution in [3.05, 3.63) is 96.1 Å². The van der Waals surface area contributed by atoms with Crippen molar-refractivity contribution in [3.8, 4) is 0 Å². The summed E-state index contributed by atoms with van der Waals surface area (Å²) in [5.74, 6) is 1.48. The fourth-order valence-electron chi connectivity index (χ4n) is 4.44. The summed E-state index contributed by atoms with van der Waals surface area (Å²) in [5.41, 5.74) is 3.03. The molecule has 1 saturated carbocycles. The standard InChI is InChI=1S/C25H22/c1-2-8-20-16-22(13-12-18(20)6-1)25-15-14-23(25)17-21-10-5-9-19-7-3-4-11-24(19)21/h1-13,16,23,25H,14-15,17H2. The van der Waals surface area contributed by atoms with Crippen LogP contribution >= 0.6 is 0 Å². The summed E-state index contributed by atoms with van der Waals surface area (Å²) in [7, 11) is 0. The second-order valence-corrected chi connectivity index (χ2v) is 7.39. The molecule has 1 aliphatic rings. The molecule has 5 rings (SSSR count). The van der Waals surface area contributed by atoms with Crippen molar-refractivity contribution in [2.45, 2.75) is 25.2 Å². The van der Waals surface area contributed by atoms with Crippen molar-refractivity contribution in [1.82, 2.24) is 0 Å². The van der Waals surface area contributed by atoms with E-state index in [1.165, 1.54) is 51.9 Å². The normalized spacial score (nSPS) is 19.8. The summed E-state index contributed by atoms with van der Waals surface area (Å²) in [6.45, 7) is 0. The highest BCUT2D eigenvalue weighted by Crippen LogP contribution is 2.45. The van der Waals surface area contributed by atoms with Gasteiger partial charge >= 0.3 is 0 Å². The van der Waals surface area contributed by atoms with Gasteiger partial charge in [-0.3, -0.25) is 0 Å². The van der Waals surface area contributed by atoms with Gasteiger partial charge in [0.1, 0.15) is 0 Å². The van der Waals surface area contributed by atoms with Crippen LogP contribution in [-0.2, 0) is 6.42 Å². The average Bonchev–Trinajstić information content (AvgIpc) is 2.65. The summed E-state index contributed by atoms with van der Waals surface area (Å²) in [6.07, 6.45) is 3.87. The predicted octanol–water partition coefficient (Wildman–Crippen LogP) is 6.73. The number of hydrogen-bond donors (Lipinski definition) is 0. The Morgan fingerprint density at radius 3 is 2.24 bits per heavy atom. The predicted molar refractivity (Wildman–Crippen MR) is 107 cm³/mol. The molecule has 25 heavy (non-hydrogen) atoms. The van der Waals surface area contributed by atoms with Crippen molar-refractivity contribution < 1.29 is 0 Å². The fraction of sp³-hybridized carbons (Fsp3) is 0.200. The highest BCUT2D eigenvalue weighted by molar-refractivity contribution is 5.86. The molecular weight excluding hydrogens is 300 g/mol. The Labute approximate surface area is 149 Å². The van der Waals surface area contributed by atoms with E-state index >= 15 is 0 Å². The lowest BCUT2D eigenvalue weighted by molar-refractivity contribution is 0.254. The van der Waals surface area contributed by atoms with Crippen molar-refractivity contribution in [2.75, 3.05) is 0 Å². The maximum Gasteiger partial charge on any atom is -0.0130 e. The van der Waals surface area contributed by atoms with Gasteiger partial charge in [-0.25, -0.2) is 0 Å². The quantitative estimate of drug-likeness (QED) is 0.392. The van der Waals surface area contributed by atoms with E-state index in [0.29, 0.717) is 5.92 Å². The molecule has 0 nitrogen and oxygen atoms in total. The molecule has 0 amide bonds. The minimum absolute atomic E-state index is 0.712. The van der Waals surface area contributed by atoms with Crippen LogP contribution in [0.15, 0.2) is 84.9 Å². The molecule has 0 spiro atoms. The third-order valence-electron chi connectivity index (χ3n) is 5.98. The van der Waals surface area contributed by atoms with Crippen molar-refractivity contribution in [2.24, 2.45) is 5.92 Å². The van der Waals surface area contributed by atoms with Gasteiger partial charge in [0.25, 0.3) is 0 Å². The van der Waals surface area contributed by atoms with Crippen molar-refractivity contribution >= 4 is 21.5 Å². The van der Waals surface area contributed by atoms with Crippen LogP contribution in [0.1, 0.15) is 29.9 Å². The SMILES string of the molecule is c1ccc2cc(C3CCC3Cc3cccc4ccccc34)ccc2c1. The van der Waals surface area contributed by atoms with Gasteiger partial charge in [0.2, 0.25) is 0 Å². The molecule has 0 saturated heterocycles. The molecule has 2 atom stereocenters. The smallest absolute Gasteiger partial charge is 0.0130 e. The highest BCUT2D eigenvalue weighted by atomic mass is 14.4. The van der Waals surface area contributed by atoms with Crippen LogP contribution in [0.3, 0.4) is 0 Å². The number of fused-ring (bicyclic) bond motifs is 2. The second kappa shape index (κ2) is 6.04. The average molecular weight is 322 g/mol. The first-order valence-electron chi connectivity index (χ1n) is 9.34. The number of rotatable bonds is 3. The van der Waals surface area contributed by atoms with Gasteiger partial charge in [0.05, 0.1) is 0 Å². The van der Waals surface area contributed by atoms with Gasteiger partial charge in [-0.05, 0) is 63.8 Å². The Morgan fingerprint density at radius 2 is 1.40 bits per heavy atom. The third kappa shape index (κ3) is 2.62. The van der Waals surface area contributed by atoms with Gasteiger partial charge < -0.3 is 0 Å². The fourth-order valence-corrected chi connectivity index (χ4v) is 4.44. The Hall–Kier alpha value is -2.60. The second-order valence-electron chi connectivity index (χ2n) is 7.39. The lowest BCUT2D eigenvalue weighted by atomic mass is 9.67. The maximum absolute atomic E-state index is 2.41. The van der Waals surface area contributed by atoms with Gasteiger partial charge in [-0.1, -0.05) is 84.9 Å². The first-order valence-corrected chi connectivity index (χ1v) is 9.34. The van der Waals surface area contributed by atoms with E-state index in [1.54, 1.807) is 0 Å². The van der Waals surface area contributed by atoms with E-state index in [1.807, 2.05) is 0 Å². The molecule has 0 bridgehead atoms. The van der Waals surface area contributed by atoms with Crippen LogP contribution in [0, 0.1) is 5.92 Å². The molecule has 4 aromatic rings. The number of hydrogen-bond acceptors (Lipinski definition) is 0. The Balaban J connectivity index is 1.44. The molecule has 4 aromatic carbocycles.